The number of nitrogens with one attached hydrogen (secondary N) is 1. The van der Waals surface area contributed by atoms with E-state index in [2.05, 4.69) is 46.3 Å². The number of hydrogen-bond donors (Lipinski definition) is 1. The van der Waals surface area contributed by atoms with Gasteiger partial charge < -0.3 is 10.2 Å². The predicted molar refractivity (Wildman–Crippen MR) is 128 cm³/mol. The number of amides is 1. The van der Waals surface area contributed by atoms with Crippen molar-refractivity contribution < 1.29 is 4.79 Å². The Balaban J connectivity index is 1.16. The molecule has 0 bridgehead atoms. The molecular formula is C22H25ClN4OS2. The van der Waals surface area contributed by atoms with E-state index in [-0.39, 0.29) is 5.91 Å². The van der Waals surface area contributed by atoms with Crippen LogP contribution in [0.5, 0.6) is 0 Å². The lowest BCUT2D eigenvalue weighted by Gasteiger charge is -2.34. The lowest BCUT2D eigenvalue weighted by atomic mass is 10.2. The van der Waals surface area contributed by atoms with Gasteiger partial charge in [-0.15, -0.1) is 11.8 Å². The van der Waals surface area contributed by atoms with Gasteiger partial charge in [0.15, 0.2) is 5.13 Å². The van der Waals surface area contributed by atoms with Crippen molar-refractivity contribution in [2.45, 2.75) is 11.8 Å². The minimum Gasteiger partial charge on any atom is -0.354 e. The summed E-state index contributed by atoms with van der Waals surface area (Å²) in [6, 6.07) is 14.1. The van der Waals surface area contributed by atoms with Gasteiger partial charge in [-0.2, -0.15) is 0 Å². The summed E-state index contributed by atoms with van der Waals surface area (Å²) in [5, 5.41) is 4.85. The normalized spacial score (nSPS) is 14.9. The Morgan fingerprint density at radius 1 is 1.17 bits per heavy atom. The first kappa shape index (κ1) is 21.4. The second-order valence-electron chi connectivity index (χ2n) is 7.39. The molecule has 1 saturated heterocycles. The quantitative estimate of drug-likeness (QED) is 0.533. The Kier molecular flexibility index (Phi) is 7.15. The molecule has 30 heavy (non-hydrogen) atoms. The first-order valence-corrected chi connectivity index (χ1v) is 12.2. The molecule has 1 aliphatic heterocycles. The van der Waals surface area contributed by atoms with Gasteiger partial charge in [-0.1, -0.05) is 40.6 Å². The molecule has 158 valence electrons. The largest absolute Gasteiger partial charge is 0.354 e. The molecular weight excluding hydrogens is 436 g/mol. The predicted octanol–water partition coefficient (Wildman–Crippen LogP) is 4.29. The van der Waals surface area contributed by atoms with Crippen LogP contribution < -0.4 is 10.2 Å². The highest BCUT2D eigenvalue weighted by atomic mass is 35.5. The van der Waals surface area contributed by atoms with Crippen molar-refractivity contribution in [1.82, 2.24) is 15.2 Å². The van der Waals surface area contributed by atoms with E-state index in [1.807, 2.05) is 18.2 Å². The molecule has 0 unspecified atom stereocenters. The van der Waals surface area contributed by atoms with E-state index in [0.29, 0.717) is 12.3 Å². The Morgan fingerprint density at radius 2 is 1.93 bits per heavy atom. The van der Waals surface area contributed by atoms with Gasteiger partial charge in [-0.05, 0) is 37.3 Å². The Labute approximate surface area is 190 Å². The number of aryl methyl sites for hydroxylation is 1. The maximum absolute atomic E-state index is 12.1. The third kappa shape index (κ3) is 5.66. The van der Waals surface area contributed by atoms with Gasteiger partial charge >= 0.3 is 0 Å². The number of nitrogens with zero attached hydrogens (tertiary/aromatic N) is 3. The van der Waals surface area contributed by atoms with Crippen LogP contribution in [-0.4, -0.2) is 60.8 Å². The van der Waals surface area contributed by atoms with Crippen LogP contribution in [0, 0.1) is 6.92 Å². The fourth-order valence-corrected chi connectivity index (χ4v) is 5.39. The topological polar surface area (TPSA) is 48.5 Å². The van der Waals surface area contributed by atoms with Crippen molar-refractivity contribution >= 4 is 56.0 Å². The molecule has 0 radical (unpaired) electrons. The zero-order chi connectivity index (χ0) is 20.9. The monoisotopic (exact) mass is 460 g/mol. The summed E-state index contributed by atoms with van der Waals surface area (Å²) in [5.41, 5.74) is 2.24. The summed E-state index contributed by atoms with van der Waals surface area (Å²) in [5.74, 6) is 0.547. The van der Waals surface area contributed by atoms with E-state index >= 15 is 0 Å². The standard InChI is InChI=1S/C22H25ClN4OS2/c1-16-2-5-18(6-3-16)29-15-21(28)24-8-9-26-10-12-27(13-11-26)22-25-19-7-4-17(23)14-20(19)30-22/h2-7,14H,8-13,15H2,1H3,(H,24,28). The highest BCUT2D eigenvalue weighted by molar-refractivity contribution is 8.00. The van der Waals surface area contributed by atoms with E-state index < -0.39 is 0 Å². The first-order valence-electron chi connectivity index (χ1n) is 10.1. The van der Waals surface area contributed by atoms with Gasteiger partial charge in [-0.3, -0.25) is 9.69 Å². The van der Waals surface area contributed by atoms with Crippen LogP contribution in [0.3, 0.4) is 0 Å². The van der Waals surface area contributed by atoms with Crippen LogP contribution in [0.25, 0.3) is 10.2 Å². The molecule has 1 aromatic heterocycles. The number of aromatic nitrogens is 1. The second-order valence-corrected chi connectivity index (χ2v) is 9.88. The van der Waals surface area contributed by atoms with Crippen molar-refractivity contribution in [2.24, 2.45) is 0 Å². The minimum absolute atomic E-state index is 0.0901. The van der Waals surface area contributed by atoms with Crippen molar-refractivity contribution in [3.8, 4) is 0 Å². The van der Waals surface area contributed by atoms with E-state index in [4.69, 9.17) is 16.6 Å². The van der Waals surface area contributed by atoms with Crippen LogP contribution in [0.15, 0.2) is 47.4 Å². The van der Waals surface area contributed by atoms with E-state index in [1.165, 1.54) is 5.56 Å². The van der Waals surface area contributed by atoms with Crippen molar-refractivity contribution in [2.75, 3.05) is 49.9 Å². The molecule has 2 aromatic carbocycles. The lowest BCUT2D eigenvalue weighted by molar-refractivity contribution is -0.118. The van der Waals surface area contributed by atoms with Gasteiger partial charge in [0, 0.05) is 49.2 Å². The van der Waals surface area contributed by atoms with E-state index in [9.17, 15) is 4.79 Å². The van der Waals surface area contributed by atoms with Gasteiger partial charge in [0.25, 0.3) is 0 Å². The number of thiazole rings is 1. The molecule has 1 aliphatic rings. The van der Waals surface area contributed by atoms with Gasteiger partial charge in [-0.25, -0.2) is 4.98 Å². The van der Waals surface area contributed by atoms with Gasteiger partial charge in [0.1, 0.15) is 0 Å². The average Bonchev–Trinajstić information content (AvgIpc) is 3.17. The molecule has 1 N–H and O–H groups in total. The number of benzene rings is 2. The van der Waals surface area contributed by atoms with Crippen LogP contribution in [-0.2, 0) is 4.79 Å². The smallest absolute Gasteiger partial charge is 0.230 e. The van der Waals surface area contributed by atoms with Crippen molar-refractivity contribution in [1.29, 1.82) is 0 Å². The Morgan fingerprint density at radius 3 is 2.70 bits per heavy atom. The summed E-state index contributed by atoms with van der Waals surface area (Å²) < 4.78 is 1.13. The summed E-state index contributed by atoms with van der Waals surface area (Å²) in [7, 11) is 0. The number of carbonyl (C=O) groups excluding carboxylic acids is 1. The van der Waals surface area contributed by atoms with E-state index in [1.54, 1.807) is 23.1 Å². The zero-order valence-corrected chi connectivity index (χ0v) is 19.3. The Hall–Kier alpha value is -1.80. The SMILES string of the molecule is Cc1ccc(SCC(=O)NCCN2CCN(c3nc4ccc(Cl)cc4s3)CC2)cc1. The van der Waals surface area contributed by atoms with Gasteiger partial charge in [0.05, 0.1) is 16.0 Å². The molecule has 0 aliphatic carbocycles. The number of rotatable bonds is 7. The lowest BCUT2D eigenvalue weighted by Crippen LogP contribution is -2.48. The fraction of sp³-hybridized carbons (Fsp3) is 0.364. The van der Waals surface area contributed by atoms with Crippen LogP contribution in [0.2, 0.25) is 5.02 Å². The van der Waals surface area contributed by atoms with Crippen LogP contribution in [0.4, 0.5) is 5.13 Å². The second kappa shape index (κ2) is 10.0. The summed E-state index contributed by atoms with van der Waals surface area (Å²) in [6.45, 7) is 7.48. The van der Waals surface area contributed by atoms with E-state index in [0.717, 1.165) is 58.0 Å². The molecule has 5 nitrogen and oxygen atoms in total. The molecule has 2 heterocycles. The van der Waals surface area contributed by atoms with Crippen molar-refractivity contribution in [3.63, 3.8) is 0 Å². The highest BCUT2D eigenvalue weighted by Crippen LogP contribution is 2.31. The average molecular weight is 461 g/mol. The number of fused-ring (bicyclic) bond motifs is 1. The minimum atomic E-state index is 0.0901. The molecule has 0 spiro atoms. The molecule has 0 atom stereocenters. The molecule has 1 fully saturated rings. The number of anilines is 1. The third-order valence-electron chi connectivity index (χ3n) is 5.12. The van der Waals surface area contributed by atoms with Crippen molar-refractivity contribution in [3.05, 3.63) is 53.1 Å². The maximum Gasteiger partial charge on any atom is 0.230 e. The highest BCUT2D eigenvalue weighted by Gasteiger charge is 2.19. The molecule has 4 rings (SSSR count). The molecule has 8 heteroatoms. The summed E-state index contributed by atoms with van der Waals surface area (Å²) in [6.07, 6.45) is 0. The summed E-state index contributed by atoms with van der Waals surface area (Å²) >= 11 is 9.36. The van der Waals surface area contributed by atoms with Crippen LogP contribution >= 0.6 is 34.7 Å². The third-order valence-corrected chi connectivity index (χ3v) is 7.45. The van der Waals surface area contributed by atoms with Crippen LogP contribution in [0.1, 0.15) is 5.56 Å². The summed E-state index contributed by atoms with van der Waals surface area (Å²) in [4.78, 5) is 22.7. The number of halogens is 1. The maximum atomic E-state index is 12.1. The molecule has 1 amide bonds. The first-order chi connectivity index (χ1) is 14.6. The zero-order valence-electron chi connectivity index (χ0n) is 16.9. The number of carbonyl (C=O) groups is 1. The van der Waals surface area contributed by atoms with Gasteiger partial charge in [0.2, 0.25) is 5.91 Å². The molecule has 0 saturated carbocycles. The Bertz CT molecular complexity index is 1000. The number of hydrogen-bond acceptors (Lipinski definition) is 6. The fourth-order valence-electron chi connectivity index (χ4n) is 3.37. The molecule has 3 aromatic rings. The number of thioether (sulfide) groups is 1. The number of piperazine rings is 1.